The highest BCUT2D eigenvalue weighted by atomic mass is 35.5. The molecule has 0 amide bonds. The van der Waals surface area contributed by atoms with Crippen LogP contribution in [0.2, 0.25) is 5.02 Å². The SMILES string of the molecule is CC(C)[C@](C)(O)CNS(=O)(=O)c1ccc(F)cc1Cl. The maximum atomic E-state index is 12.9. The lowest BCUT2D eigenvalue weighted by Crippen LogP contribution is -2.44. The number of sulfonamides is 1. The molecule has 1 aromatic rings. The van der Waals surface area contributed by atoms with Crippen molar-refractivity contribution in [2.24, 2.45) is 5.92 Å². The smallest absolute Gasteiger partial charge is 0.242 e. The summed E-state index contributed by atoms with van der Waals surface area (Å²) < 4.78 is 39.2. The Morgan fingerprint density at radius 1 is 1.47 bits per heavy atom. The second-order valence-corrected chi connectivity index (χ2v) is 7.05. The van der Waals surface area contributed by atoms with Gasteiger partial charge < -0.3 is 5.11 Å². The van der Waals surface area contributed by atoms with Crippen LogP contribution in [0.4, 0.5) is 4.39 Å². The second-order valence-electron chi connectivity index (χ2n) is 4.91. The summed E-state index contributed by atoms with van der Waals surface area (Å²) >= 11 is 5.70. The predicted molar refractivity (Wildman–Crippen MR) is 72.1 cm³/mol. The van der Waals surface area contributed by atoms with E-state index in [1.165, 1.54) is 6.92 Å². The van der Waals surface area contributed by atoms with Crippen molar-refractivity contribution in [1.29, 1.82) is 0 Å². The molecule has 0 aliphatic heterocycles. The van der Waals surface area contributed by atoms with Gasteiger partial charge in [-0.1, -0.05) is 25.4 Å². The van der Waals surface area contributed by atoms with Gasteiger partial charge in [0.1, 0.15) is 10.7 Å². The zero-order valence-electron chi connectivity index (χ0n) is 10.9. The Morgan fingerprint density at radius 3 is 2.53 bits per heavy atom. The standard InChI is InChI=1S/C12H17ClFNO3S/c1-8(2)12(3,16)7-15-19(17,18)11-5-4-9(14)6-10(11)13/h4-6,8,15-16H,7H2,1-3H3/t12-/m1/s1. The van der Waals surface area contributed by atoms with Gasteiger partial charge in [0.15, 0.2) is 0 Å². The fraction of sp³-hybridized carbons (Fsp3) is 0.500. The fourth-order valence-electron chi connectivity index (χ4n) is 1.22. The lowest BCUT2D eigenvalue weighted by atomic mass is 9.93. The normalized spacial score (nSPS) is 15.5. The topological polar surface area (TPSA) is 66.4 Å². The van der Waals surface area contributed by atoms with E-state index in [1.807, 2.05) is 0 Å². The molecular weight excluding hydrogens is 293 g/mol. The summed E-state index contributed by atoms with van der Waals surface area (Å²) in [5.41, 5.74) is -1.18. The number of nitrogens with one attached hydrogen (secondary N) is 1. The average molecular weight is 310 g/mol. The number of hydrogen-bond donors (Lipinski definition) is 2. The predicted octanol–water partition coefficient (Wildman–Crippen LogP) is 2.16. The van der Waals surface area contributed by atoms with Gasteiger partial charge in [0, 0.05) is 6.54 Å². The van der Waals surface area contributed by atoms with E-state index in [-0.39, 0.29) is 22.4 Å². The molecule has 0 saturated heterocycles. The number of halogens is 2. The van der Waals surface area contributed by atoms with Gasteiger partial charge in [-0.3, -0.25) is 0 Å². The van der Waals surface area contributed by atoms with E-state index >= 15 is 0 Å². The molecule has 0 aromatic heterocycles. The monoisotopic (exact) mass is 309 g/mol. The van der Waals surface area contributed by atoms with Crippen LogP contribution in [-0.2, 0) is 10.0 Å². The second kappa shape index (κ2) is 5.75. The summed E-state index contributed by atoms with van der Waals surface area (Å²) in [7, 11) is -3.88. The van der Waals surface area contributed by atoms with Crippen LogP contribution in [0, 0.1) is 11.7 Å². The fourth-order valence-corrected chi connectivity index (χ4v) is 2.89. The number of hydrogen-bond acceptors (Lipinski definition) is 3. The van der Waals surface area contributed by atoms with Crippen LogP contribution in [0.3, 0.4) is 0 Å². The molecule has 0 fully saturated rings. The first-order chi connectivity index (χ1) is 8.56. The Hall–Kier alpha value is -0.690. The Morgan fingerprint density at radius 2 is 2.05 bits per heavy atom. The van der Waals surface area contributed by atoms with Gasteiger partial charge in [-0.25, -0.2) is 17.5 Å². The Kier molecular flexibility index (Phi) is 4.95. The molecule has 108 valence electrons. The largest absolute Gasteiger partial charge is 0.389 e. The number of rotatable bonds is 5. The van der Waals surface area contributed by atoms with E-state index in [0.717, 1.165) is 18.2 Å². The summed E-state index contributed by atoms with van der Waals surface area (Å²) in [6.45, 7) is 4.94. The van der Waals surface area contributed by atoms with Gasteiger partial charge in [0.05, 0.1) is 10.6 Å². The quantitative estimate of drug-likeness (QED) is 0.876. The van der Waals surface area contributed by atoms with Crippen molar-refractivity contribution in [2.75, 3.05) is 6.54 Å². The van der Waals surface area contributed by atoms with Crippen molar-refractivity contribution in [1.82, 2.24) is 4.72 Å². The summed E-state index contributed by atoms with van der Waals surface area (Å²) in [6, 6.07) is 3.03. The molecule has 1 aromatic carbocycles. The van der Waals surface area contributed by atoms with Crippen molar-refractivity contribution in [3.8, 4) is 0 Å². The van der Waals surface area contributed by atoms with E-state index in [2.05, 4.69) is 4.72 Å². The minimum Gasteiger partial charge on any atom is -0.389 e. The molecule has 1 atom stereocenters. The zero-order chi connectivity index (χ0) is 14.8. The first-order valence-corrected chi connectivity index (χ1v) is 7.59. The molecule has 0 unspecified atom stereocenters. The summed E-state index contributed by atoms with van der Waals surface area (Å²) in [5, 5.41) is 9.80. The average Bonchev–Trinajstić information content (AvgIpc) is 2.26. The van der Waals surface area contributed by atoms with E-state index in [0.29, 0.717) is 0 Å². The zero-order valence-corrected chi connectivity index (χ0v) is 12.5. The molecular formula is C12H17ClFNO3S. The number of aliphatic hydroxyl groups is 1. The highest BCUT2D eigenvalue weighted by Gasteiger charge is 2.28. The molecule has 1 rings (SSSR count). The van der Waals surface area contributed by atoms with Gasteiger partial charge in [-0.05, 0) is 31.0 Å². The summed E-state index contributed by atoms with van der Waals surface area (Å²) in [5.74, 6) is -0.739. The lowest BCUT2D eigenvalue weighted by molar-refractivity contribution is 0.0190. The van der Waals surface area contributed by atoms with Crippen molar-refractivity contribution in [2.45, 2.75) is 31.3 Å². The molecule has 0 spiro atoms. The van der Waals surface area contributed by atoms with Gasteiger partial charge >= 0.3 is 0 Å². The Balaban J connectivity index is 2.94. The van der Waals surface area contributed by atoms with Crippen molar-refractivity contribution >= 4 is 21.6 Å². The third kappa shape index (κ3) is 4.14. The van der Waals surface area contributed by atoms with Crippen LogP contribution >= 0.6 is 11.6 Å². The van der Waals surface area contributed by atoms with Crippen molar-refractivity contribution < 1.29 is 17.9 Å². The van der Waals surface area contributed by atoms with Crippen LogP contribution in [0.1, 0.15) is 20.8 Å². The minimum absolute atomic E-state index is 0.126. The highest BCUT2D eigenvalue weighted by molar-refractivity contribution is 7.89. The third-order valence-corrected chi connectivity index (χ3v) is 4.93. The Bertz CT molecular complexity index is 558. The highest BCUT2D eigenvalue weighted by Crippen LogP contribution is 2.23. The van der Waals surface area contributed by atoms with Crippen LogP contribution < -0.4 is 4.72 Å². The summed E-state index contributed by atoms with van der Waals surface area (Å²) in [6.07, 6.45) is 0. The molecule has 19 heavy (non-hydrogen) atoms. The van der Waals surface area contributed by atoms with Gasteiger partial charge in [0.2, 0.25) is 10.0 Å². The van der Waals surface area contributed by atoms with E-state index in [4.69, 9.17) is 11.6 Å². The molecule has 0 saturated carbocycles. The number of benzene rings is 1. The van der Waals surface area contributed by atoms with Gasteiger partial charge in [-0.2, -0.15) is 0 Å². The van der Waals surface area contributed by atoms with Gasteiger partial charge in [0.25, 0.3) is 0 Å². The van der Waals surface area contributed by atoms with Gasteiger partial charge in [-0.15, -0.1) is 0 Å². The summed E-state index contributed by atoms with van der Waals surface area (Å²) in [4.78, 5) is -0.213. The first-order valence-electron chi connectivity index (χ1n) is 5.73. The molecule has 0 heterocycles. The van der Waals surface area contributed by atoms with E-state index in [9.17, 15) is 17.9 Å². The minimum atomic E-state index is -3.88. The van der Waals surface area contributed by atoms with E-state index in [1.54, 1.807) is 13.8 Å². The first kappa shape index (κ1) is 16.4. The molecule has 0 aliphatic carbocycles. The molecule has 7 heteroatoms. The maximum absolute atomic E-state index is 12.9. The Labute approximate surface area is 117 Å². The van der Waals surface area contributed by atoms with Crippen LogP contribution in [-0.4, -0.2) is 25.7 Å². The maximum Gasteiger partial charge on any atom is 0.242 e. The molecule has 0 bridgehead atoms. The lowest BCUT2D eigenvalue weighted by Gasteiger charge is -2.27. The molecule has 4 nitrogen and oxygen atoms in total. The van der Waals surface area contributed by atoms with Crippen LogP contribution in [0.25, 0.3) is 0 Å². The third-order valence-electron chi connectivity index (χ3n) is 3.05. The molecule has 0 radical (unpaired) electrons. The molecule has 2 N–H and O–H groups in total. The van der Waals surface area contributed by atoms with Crippen molar-refractivity contribution in [3.63, 3.8) is 0 Å². The van der Waals surface area contributed by atoms with E-state index < -0.39 is 21.4 Å². The van der Waals surface area contributed by atoms with Crippen LogP contribution in [0.5, 0.6) is 0 Å². The molecule has 0 aliphatic rings. The van der Waals surface area contributed by atoms with Crippen LogP contribution in [0.15, 0.2) is 23.1 Å². The van der Waals surface area contributed by atoms with Crippen molar-refractivity contribution in [3.05, 3.63) is 29.0 Å².